The molecule has 0 bridgehead atoms. The highest BCUT2D eigenvalue weighted by atomic mass is 35.5. The number of thioether (sulfide) groups is 1. The Hall–Kier alpha value is -0.670. The van der Waals surface area contributed by atoms with Crippen LogP contribution in [0.2, 0.25) is 0 Å². The first-order valence-electron chi connectivity index (χ1n) is 6.83. The second-order valence-corrected chi connectivity index (χ2v) is 6.93. The fraction of sp³-hybridized carbons (Fsp3) is 0.533. The molecule has 1 fully saturated rings. The quantitative estimate of drug-likeness (QED) is 0.773. The molecule has 102 valence electrons. The van der Waals surface area contributed by atoms with Gasteiger partial charge in [0.1, 0.15) is 5.82 Å². The summed E-state index contributed by atoms with van der Waals surface area (Å²) in [4.78, 5) is 4.75. The lowest BCUT2D eigenvalue weighted by molar-refractivity contribution is 0.322. The summed E-state index contributed by atoms with van der Waals surface area (Å²) < 4.78 is 2.82. The van der Waals surface area contributed by atoms with E-state index in [1.807, 2.05) is 11.8 Å². The normalized spacial score (nSPS) is 17.6. The van der Waals surface area contributed by atoms with Crippen LogP contribution in [-0.4, -0.2) is 26.4 Å². The maximum absolute atomic E-state index is 5.93. The number of nitrogens with zero attached hydrogens (tertiary/aromatic N) is 2. The number of benzene rings is 1. The first-order chi connectivity index (χ1) is 9.28. The summed E-state index contributed by atoms with van der Waals surface area (Å²) in [5.41, 5.74) is 2.35. The number of imidazole rings is 1. The van der Waals surface area contributed by atoms with Gasteiger partial charge in [-0.25, -0.2) is 4.98 Å². The number of alkyl halides is 1. The molecule has 4 heteroatoms. The molecule has 19 heavy (non-hydrogen) atoms. The predicted molar refractivity (Wildman–Crippen MR) is 84.3 cm³/mol. The molecule has 0 spiro atoms. The molecule has 0 saturated heterocycles. The molecule has 0 radical (unpaired) electrons. The topological polar surface area (TPSA) is 17.8 Å². The van der Waals surface area contributed by atoms with E-state index in [1.165, 1.54) is 24.8 Å². The fourth-order valence-electron chi connectivity index (χ4n) is 2.86. The Morgan fingerprint density at radius 2 is 2.16 bits per heavy atom. The van der Waals surface area contributed by atoms with Crippen LogP contribution in [0, 0.1) is 0 Å². The van der Waals surface area contributed by atoms with Crippen LogP contribution in [0.4, 0.5) is 0 Å². The number of rotatable bonds is 5. The van der Waals surface area contributed by atoms with Crippen molar-refractivity contribution in [2.45, 2.75) is 37.0 Å². The molecule has 1 aliphatic rings. The van der Waals surface area contributed by atoms with E-state index >= 15 is 0 Å². The van der Waals surface area contributed by atoms with Gasteiger partial charge in [-0.3, -0.25) is 0 Å². The van der Waals surface area contributed by atoms with Crippen molar-refractivity contribution in [2.24, 2.45) is 0 Å². The van der Waals surface area contributed by atoms with Crippen LogP contribution in [-0.2, 0) is 13.0 Å². The van der Waals surface area contributed by atoms with Crippen molar-refractivity contribution < 1.29 is 0 Å². The Morgan fingerprint density at radius 1 is 1.37 bits per heavy atom. The Balaban J connectivity index is 2.02. The summed E-state index contributed by atoms with van der Waals surface area (Å²) in [6, 6.07) is 8.41. The molecule has 3 rings (SSSR count). The third kappa shape index (κ3) is 2.38. The van der Waals surface area contributed by atoms with E-state index in [4.69, 9.17) is 16.6 Å². The minimum atomic E-state index is 0.421. The summed E-state index contributed by atoms with van der Waals surface area (Å²) in [6.07, 6.45) is 7.08. The molecule has 1 aliphatic carbocycles. The molecule has 0 atom stereocenters. The zero-order chi connectivity index (χ0) is 13.3. The third-order valence-electron chi connectivity index (χ3n) is 4.20. The molecule has 1 heterocycles. The van der Waals surface area contributed by atoms with Gasteiger partial charge in [0, 0.05) is 23.6 Å². The number of hydrogen-bond donors (Lipinski definition) is 0. The summed E-state index contributed by atoms with van der Waals surface area (Å²) in [7, 11) is 0. The molecule has 0 N–H and O–H groups in total. The lowest BCUT2D eigenvalue weighted by Crippen LogP contribution is -2.38. The van der Waals surface area contributed by atoms with E-state index in [0.717, 1.165) is 24.3 Å². The summed E-state index contributed by atoms with van der Waals surface area (Å²) in [6.45, 7) is 1.07. The molecular weight excluding hydrogens is 276 g/mol. The van der Waals surface area contributed by atoms with E-state index in [2.05, 4.69) is 35.1 Å². The van der Waals surface area contributed by atoms with E-state index in [0.29, 0.717) is 10.6 Å². The number of aryl methyl sites for hydroxylation is 1. The fourth-order valence-corrected chi connectivity index (χ4v) is 3.99. The van der Waals surface area contributed by atoms with Crippen LogP contribution in [0.5, 0.6) is 0 Å². The minimum absolute atomic E-state index is 0.421. The van der Waals surface area contributed by atoms with Gasteiger partial charge in [0.2, 0.25) is 0 Å². The largest absolute Gasteiger partial charge is 0.327 e. The number of halogens is 1. The average molecular weight is 295 g/mol. The van der Waals surface area contributed by atoms with Gasteiger partial charge in [0.25, 0.3) is 0 Å². The van der Waals surface area contributed by atoms with Crippen LogP contribution in [0.1, 0.15) is 25.1 Å². The molecule has 2 aromatic rings. The second-order valence-electron chi connectivity index (χ2n) is 5.28. The summed E-state index contributed by atoms with van der Waals surface area (Å²) >= 11 is 7.94. The van der Waals surface area contributed by atoms with Gasteiger partial charge >= 0.3 is 0 Å². The maximum Gasteiger partial charge on any atom is 0.111 e. The Morgan fingerprint density at radius 3 is 2.79 bits per heavy atom. The molecular formula is C15H19ClN2S. The van der Waals surface area contributed by atoms with E-state index < -0.39 is 0 Å². The lowest BCUT2D eigenvalue weighted by Gasteiger charge is -2.41. The first-order valence-corrected chi connectivity index (χ1v) is 8.59. The Bertz CT molecular complexity index is 569. The highest BCUT2D eigenvalue weighted by Gasteiger charge is 2.37. The van der Waals surface area contributed by atoms with E-state index in [-0.39, 0.29) is 0 Å². The summed E-state index contributed by atoms with van der Waals surface area (Å²) in [5, 5.41) is 0. The van der Waals surface area contributed by atoms with Crippen LogP contribution < -0.4 is 0 Å². The molecule has 1 aromatic carbocycles. The van der Waals surface area contributed by atoms with Crippen molar-refractivity contribution in [3.05, 3.63) is 30.1 Å². The van der Waals surface area contributed by atoms with Crippen molar-refractivity contribution in [1.29, 1.82) is 0 Å². The number of fused-ring (bicyclic) bond motifs is 1. The molecule has 2 nitrogen and oxygen atoms in total. The third-order valence-corrected chi connectivity index (χ3v) is 5.79. The lowest BCUT2D eigenvalue weighted by atomic mass is 9.84. The maximum atomic E-state index is 5.93. The van der Waals surface area contributed by atoms with Gasteiger partial charge in [-0.1, -0.05) is 18.6 Å². The monoisotopic (exact) mass is 294 g/mol. The van der Waals surface area contributed by atoms with Crippen molar-refractivity contribution in [1.82, 2.24) is 9.55 Å². The van der Waals surface area contributed by atoms with E-state index in [1.54, 1.807) is 0 Å². The summed E-state index contributed by atoms with van der Waals surface area (Å²) in [5.74, 6) is 1.77. The van der Waals surface area contributed by atoms with Crippen molar-refractivity contribution >= 4 is 34.4 Å². The van der Waals surface area contributed by atoms with Crippen LogP contribution >= 0.6 is 23.4 Å². The van der Waals surface area contributed by atoms with Gasteiger partial charge in [-0.2, -0.15) is 11.8 Å². The van der Waals surface area contributed by atoms with E-state index in [9.17, 15) is 0 Å². The minimum Gasteiger partial charge on any atom is -0.327 e. The van der Waals surface area contributed by atoms with Crippen LogP contribution in [0.15, 0.2) is 24.3 Å². The van der Waals surface area contributed by atoms with Gasteiger partial charge in [-0.15, -0.1) is 11.6 Å². The predicted octanol–water partition coefficient (Wildman–Crippen LogP) is 4.10. The number of hydrogen-bond acceptors (Lipinski definition) is 2. The smallest absolute Gasteiger partial charge is 0.111 e. The Kier molecular flexibility index (Phi) is 3.77. The van der Waals surface area contributed by atoms with Gasteiger partial charge in [0.05, 0.1) is 11.0 Å². The van der Waals surface area contributed by atoms with Crippen LogP contribution in [0.25, 0.3) is 11.0 Å². The molecule has 1 saturated carbocycles. The molecule has 0 unspecified atom stereocenters. The van der Waals surface area contributed by atoms with Crippen molar-refractivity contribution in [2.75, 3.05) is 12.1 Å². The van der Waals surface area contributed by atoms with Crippen molar-refractivity contribution in [3.63, 3.8) is 0 Å². The molecule has 1 aromatic heterocycles. The van der Waals surface area contributed by atoms with Crippen LogP contribution in [0.3, 0.4) is 0 Å². The second kappa shape index (κ2) is 5.37. The van der Waals surface area contributed by atoms with Crippen molar-refractivity contribution in [3.8, 4) is 0 Å². The standard InChI is InChI=1S/C15H19ClN2S/c1-19-15(8-4-9-15)11-18-13-6-3-2-5-12(13)17-14(18)7-10-16/h2-3,5-6H,4,7-11H2,1H3. The van der Waals surface area contributed by atoms with Gasteiger partial charge < -0.3 is 4.57 Å². The highest BCUT2D eigenvalue weighted by Crippen LogP contribution is 2.44. The average Bonchev–Trinajstić information content (AvgIpc) is 2.72. The number of para-hydroxylation sites is 2. The Labute approximate surface area is 123 Å². The molecule has 0 aliphatic heterocycles. The first kappa shape index (κ1) is 13.3. The zero-order valence-corrected chi connectivity index (χ0v) is 12.8. The molecule has 0 amide bonds. The zero-order valence-electron chi connectivity index (χ0n) is 11.2. The highest BCUT2D eigenvalue weighted by molar-refractivity contribution is 8.00. The number of aromatic nitrogens is 2. The van der Waals surface area contributed by atoms with Gasteiger partial charge in [0.15, 0.2) is 0 Å². The van der Waals surface area contributed by atoms with Gasteiger partial charge in [-0.05, 0) is 31.2 Å². The SMILES string of the molecule is CSC1(Cn2c(CCCl)nc3ccccc32)CCC1.